The van der Waals surface area contributed by atoms with Gasteiger partial charge in [0.1, 0.15) is 0 Å². The topological polar surface area (TPSA) is 50.8 Å². The number of rotatable bonds is 8. The van der Waals surface area contributed by atoms with E-state index in [1.807, 2.05) is 0 Å². The predicted octanol–water partition coefficient (Wildman–Crippen LogP) is 4.39. The first kappa shape index (κ1) is 22.4. The number of halogens is 5. The molecule has 0 bridgehead atoms. The Hall–Kier alpha value is -2.88. The second kappa shape index (κ2) is 9.55. The van der Waals surface area contributed by atoms with E-state index in [0.717, 1.165) is 24.3 Å². The molecule has 0 unspecified atom stereocenters. The second-order valence-corrected chi connectivity index (χ2v) is 6.16. The Labute approximate surface area is 164 Å². The maximum Gasteiger partial charge on any atom is 0.416 e. The summed E-state index contributed by atoms with van der Waals surface area (Å²) in [5.41, 5.74) is 0.0219. The van der Waals surface area contributed by atoms with Crippen LogP contribution in [-0.2, 0) is 17.5 Å². The minimum absolute atomic E-state index is 0.0713. The molecule has 2 aromatic carbocycles. The van der Waals surface area contributed by atoms with Crippen LogP contribution in [0.2, 0.25) is 0 Å². The molecule has 2 rings (SSSR count). The molecule has 0 aromatic heterocycles. The van der Waals surface area contributed by atoms with Crippen molar-refractivity contribution in [2.24, 2.45) is 0 Å². The monoisotopic (exact) mass is 418 g/mol. The second-order valence-electron chi connectivity index (χ2n) is 6.16. The van der Waals surface area contributed by atoms with Crippen molar-refractivity contribution >= 4 is 11.6 Å². The van der Waals surface area contributed by atoms with Gasteiger partial charge in [-0.15, -0.1) is 0 Å². The molecule has 0 radical (unpaired) electrons. The molecule has 2 aromatic rings. The minimum Gasteiger partial charge on any atom is -0.493 e. The van der Waals surface area contributed by atoms with Crippen molar-refractivity contribution in [1.82, 2.24) is 4.90 Å². The summed E-state index contributed by atoms with van der Waals surface area (Å²) in [6.07, 6.45) is -4.45. The Morgan fingerprint density at radius 2 is 1.76 bits per heavy atom. The molecule has 29 heavy (non-hydrogen) atoms. The summed E-state index contributed by atoms with van der Waals surface area (Å²) in [4.78, 5) is 13.7. The van der Waals surface area contributed by atoms with E-state index in [9.17, 15) is 26.7 Å². The first-order valence-corrected chi connectivity index (χ1v) is 8.36. The van der Waals surface area contributed by atoms with Gasteiger partial charge in [-0.2, -0.15) is 22.0 Å². The number of likely N-dealkylation sites (N-methyl/N-ethyl adjacent to an activating group) is 1. The average molecular weight is 418 g/mol. The van der Waals surface area contributed by atoms with E-state index in [1.54, 1.807) is 18.0 Å². The van der Waals surface area contributed by atoms with Crippen molar-refractivity contribution in [2.75, 3.05) is 26.0 Å². The molecule has 0 saturated carbocycles. The van der Waals surface area contributed by atoms with Gasteiger partial charge in [0.05, 0.1) is 19.2 Å². The summed E-state index contributed by atoms with van der Waals surface area (Å²) < 4.78 is 72.0. The number of amides is 1. The molecule has 0 aliphatic carbocycles. The van der Waals surface area contributed by atoms with Gasteiger partial charge in [-0.3, -0.25) is 9.69 Å². The third-order valence-electron chi connectivity index (χ3n) is 3.81. The molecule has 158 valence electrons. The lowest BCUT2D eigenvalue weighted by Crippen LogP contribution is -2.29. The molecule has 0 fully saturated rings. The molecule has 0 heterocycles. The molecular formula is C19H19F5N2O3. The Morgan fingerprint density at radius 1 is 1.10 bits per heavy atom. The zero-order valence-corrected chi connectivity index (χ0v) is 15.6. The highest BCUT2D eigenvalue weighted by atomic mass is 19.4. The summed E-state index contributed by atoms with van der Waals surface area (Å²) in [5, 5.41) is 2.50. The molecule has 0 aliphatic rings. The first-order valence-electron chi connectivity index (χ1n) is 8.36. The van der Waals surface area contributed by atoms with Crippen molar-refractivity contribution in [3.8, 4) is 11.5 Å². The van der Waals surface area contributed by atoms with Crippen LogP contribution in [0.4, 0.5) is 27.6 Å². The van der Waals surface area contributed by atoms with Crippen LogP contribution in [0.25, 0.3) is 0 Å². The van der Waals surface area contributed by atoms with Crippen LogP contribution in [-0.4, -0.2) is 38.1 Å². The van der Waals surface area contributed by atoms with Gasteiger partial charge < -0.3 is 14.8 Å². The van der Waals surface area contributed by atoms with Gasteiger partial charge in [-0.05, 0) is 49.0 Å². The zero-order chi connectivity index (χ0) is 21.6. The van der Waals surface area contributed by atoms with E-state index in [1.165, 1.54) is 19.2 Å². The number of nitrogens with one attached hydrogen (secondary N) is 1. The van der Waals surface area contributed by atoms with Crippen molar-refractivity contribution in [1.29, 1.82) is 0 Å². The normalized spacial score (nSPS) is 11.6. The SMILES string of the molecule is COc1ccc(CN(C)CC(=O)Nc2ccc(C(F)(F)F)cc2)cc1OC(F)F. The number of carbonyl (C=O) groups excluding carboxylic acids is 1. The summed E-state index contributed by atoms with van der Waals surface area (Å²) in [5.74, 6) is -0.413. The van der Waals surface area contributed by atoms with E-state index in [2.05, 4.69) is 10.1 Å². The Bertz CT molecular complexity index is 826. The van der Waals surface area contributed by atoms with Crippen LogP contribution in [0.15, 0.2) is 42.5 Å². The molecular weight excluding hydrogens is 399 g/mol. The van der Waals surface area contributed by atoms with Crippen LogP contribution < -0.4 is 14.8 Å². The van der Waals surface area contributed by atoms with Crippen LogP contribution in [0.3, 0.4) is 0 Å². The van der Waals surface area contributed by atoms with Crippen LogP contribution in [0, 0.1) is 0 Å². The Kier molecular flexibility index (Phi) is 7.38. The molecule has 0 aliphatic heterocycles. The maximum absolute atomic E-state index is 12.6. The van der Waals surface area contributed by atoms with Gasteiger partial charge >= 0.3 is 12.8 Å². The van der Waals surface area contributed by atoms with Crippen LogP contribution in [0.1, 0.15) is 11.1 Å². The van der Waals surface area contributed by atoms with E-state index < -0.39 is 24.3 Å². The van der Waals surface area contributed by atoms with Gasteiger partial charge in [-0.1, -0.05) is 6.07 Å². The highest BCUT2D eigenvalue weighted by Crippen LogP contribution is 2.30. The number of alkyl halides is 5. The molecule has 1 N–H and O–H groups in total. The van der Waals surface area contributed by atoms with Crippen molar-refractivity contribution in [2.45, 2.75) is 19.3 Å². The van der Waals surface area contributed by atoms with Crippen LogP contribution in [0.5, 0.6) is 11.5 Å². The standard InChI is InChI=1S/C19H19F5N2O3/c1-26(10-12-3-8-15(28-2)16(9-12)29-18(20)21)11-17(27)25-14-6-4-13(5-7-14)19(22,23)24/h3-9,18H,10-11H2,1-2H3,(H,25,27). The number of ether oxygens (including phenoxy) is 2. The summed E-state index contributed by atoms with van der Waals surface area (Å²) in [6.45, 7) is -2.84. The number of methoxy groups -OCH3 is 1. The molecule has 0 atom stereocenters. The fraction of sp³-hybridized carbons (Fsp3) is 0.316. The largest absolute Gasteiger partial charge is 0.493 e. The lowest BCUT2D eigenvalue weighted by molar-refractivity contribution is -0.137. The number of benzene rings is 2. The number of carbonyl (C=O) groups is 1. The third-order valence-corrected chi connectivity index (χ3v) is 3.81. The van der Waals surface area contributed by atoms with Gasteiger partial charge in [0.25, 0.3) is 0 Å². The summed E-state index contributed by atoms with van der Waals surface area (Å²) >= 11 is 0. The van der Waals surface area contributed by atoms with Crippen molar-refractivity contribution in [3.63, 3.8) is 0 Å². The molecule has 0 saturated heterocycles. The summed E-state index contributed by atoms with van der Waals surface area (Å²) in [6, 6.07) is 8.58. The lowest BCUT2D eigenvalue weighted by Gasteiger charge is -2.18. The fourth-order valence-corrected chi connectivity index (χ4v) is 2.56. The number of hydrogen-bond acceptors (Lipinski definition) is 4. The van der Waals surface area contributed by atoms with Gasteiger partial charge in [0, 0.05) is 12.2 Å². The number of anilines is 1. The van der Waals surface area contributed by atoms with E-state index in [4.69, 9.17) is 4.74 Å². The average Bonchev–Trinajstić information content (AvgIpc) is 2.61. The quantitative estimate of drug-likeness (QED) is 0.647. The highest BCUT2D eigenvalue weighted by Gasteiger charge is 2.30. The number of hydrogen-bond donors (Lipinski definition) is 1. The van der Waals surface area contributed by atoms with Gasteiger partial charge in [-0.25, -0.2) is 0 Å². The minimum atomic E-state index is -4.45. The van der Waals surface area contributed by atoms with Crippen molar-refractivity contribution < 1.29 is 36.2 Å². The van der Waals surface area contributed by atoms with Gasteiger partial charge in [0.2, 0.25) is 5.91 Å². The Morgan fingerprint density at radius 3 is 2.31 bits per heavy atom. The van der Waals surface area contributed by atoms with Crippen molar-refractivity contribution in [3.05, 3.63) is 53.6 Å². The summed E-state index contributed by atoms with van der Waals surface area (Å²) in [7, 11) is 2.95. The fourth-order valence-electron chi connectivity index (χ4n) is 2.56. The molecule has 5 nitrogen and oxygen atoms in total. The lowest BCUT2D eigenvalue weighted by atomic mass is 10.2. The smallest absolute Gasteiger partial charge is 0.416 e. The van der Waals surface area contributed by atoms with E-state index >= 15 is 0 Å². The Balaban J connectivity index is 1.94. The third kappa shape index (κ3) is 6.90. The zero-order valence-electron chi connectivity index (χ0n) is 15.6. The van der Waals surface area contributed by atoms with E-state index in [0.29, 0.717) is 5.56 Å². The molecule has 1 amide bonds. The van der Waals surface area contributed by atoms with Gasteiger partial charge in [0.15, 0.2) is 11.5 Å². The highest BCUT2D eigenvalue weighted by molar-refractivity contribution is 5.92. The van der Waals surface area contributed by atoms with Crippen LogP contribution >= 0.6 is 0 Å². The number of nitrogens with zero attached hydrogens (tertiary/aromatic N) is 1. The van der Waals surface area contributed by atoms with E-state index in [-0.39, 0.29) is 30.3 Å². The first-order chi connectivity index (χ1) is 13.6. The molecule has 10 heteroatoms. The predicted molar refractivity (Wildman–Crippen MR) is 96.0 cm³/mol. The molecule has 0 spiro atoms. The maximum atomic E-state index is 12.6.